The van der Waals surface area contributed by atoms with Crippen LogP contribution in [-0.2, 0) is 0 Å². The van der Waals surface area contributed by atoms with Gasteiger partial charge in [-0.1, -0.05) is 23.8 Å². The quantitative estimate of drug-likeness (QED) is 0.651. The zero-order chi connectivity index (χ0) is 8.69. The van der Waals surface area contributed by atoms with Gasteiger partial charge in [0.25, 0.3) is 0 Å². The number of rotatable bonds is 3. The highest BCUT2D eigenvalue weighted by Crippen LogP contribution is 2.03. The van der Waals surface area contributed by atoms with Crippen LogP contribution in [0.5, 0.6) is 0 Å². The molecule has 2 nitrogen and oxygen atoms in total. The molecule has 0 atom stereocenters. The molecule has 0 saturated heterocycles. The summed E-state index contributed by atoms with van der Waals surface area (Å²) < 4.78 is 0. The molecule has 0 aromatic rings. The van der Waals surface area contributed by atoms with Gasteiger partial charge in [-0.15, -0.1) is 0 Å². The van der Waals surface area contributed by atoms with Gasteiger partial charge in [0.1, 0.15) is 0 Å². The fourth-order valence-corrected chi connectivity index (χ4v) is 0.669. The third-order valence-corrected chi connectivity index (χ3v) is 1.54. The summed E-state index contributed by atoms with van der Waals surface area (Å²) in [5.41, 5.74) is 6.12. The molecule has 0 aromatic carbocycles. The summed E-state index contributed by atoms with van der Waals surface area (Å²) in [6, 6.07) is 0. The lowest BCUT2D eigenvalue weighted by Gasteiger charge is -1.97. The molecule has 0 aliphatic rings. The minimum atomic E-state index is 0.369. The Hall–Kier alpha value is -0.600. The molecule has 0 amide bonds. The zero-order valence-electron chi connectivity index (χ0n) is 6.84. The number of nitrogens with zero attached hydrogens (tertiary/aromatic N) is 1. The summed E-state index contributed by atoms with van der Waals surface area (Å²) in [6.45, 7) is 4.11. The molecule has 0 heterocycles. The minimum Gasteiger partial charge on any atom is -0.325 e. The van der Waals surface area contributed by atoms with E-state index in [1.807, 2.05) is 19.9 Å². The number of hydrogen-bond donors (Lipinski definition) is 1. The van der Waals surface area contributed by atoms with Crippen LogP contribution in [-0.4, -0.2) is 12.3 Å². The largest absolute Gasteiger partial charge is 0.325 e. The van der Waals surface area contributed by atoms with E-state index in [0.717, 1.165) is 0 Å². The highest BCUT2D eigenvalue weighted by molar-refractivity contribution is 6.43. The molecule has 62 valence electrons. The molecule has 0 rings (SSSR count). The van der Waals surface area contributed by atoms with Gasteiger partial charge in [0.15, 0.2) is 0 Å². The summed E-state index contributed by atoms with van der Waals surface area (Å²) >= 11 is 5.78. The lowest BCUT2D eigenvalue weighted by atomic mass is 10.3. The second kappa shape index (κ2) is 6.13. The molecular weight excluding hydrogens is 160 g/mol. The van der Waals surface area contributed by atoms with Gasteiger partial charge in [-0.25, -0.2) is 0 Å². The average Bonchev–Trinajstić information content (AvgIpc) is 2.05. The van der Waals surface area contributed by atoms with Crippen molar-refractivity contribution in [3.8, 4) is 0 Å². The molecule has 0 aromatic heterocycles. The van der Waals surface area contributed by atoms with E-state index < -0.39 is 0 Å². The standard InChI is InChI=1S/C8H13ClN2/c1-3-5-11-8(6-10)7(9)4-2/h3-5H,6,10H2,1-2H3/b5-3-,7-4?,11-8-. The summed E-state index contributed by atoms with van der Waals surface area (Å²) in [5.74, 6) is 0. The van der Waals surface area contributed by atoms with E-state index >= 15 is 0 Å². The average molecular weight is 173 g/mol. The topological polar surface area (TPSA) is 38.4 Å². The molecule has 0 spiro atoms. The van der Waals surface area contributed by atoms with Crippen LogP contribution in [0.4, 0.5) is 0 Å². The fraction of sp³-hybridized carbons (Fsp3) is 0.375. The zero-order valence-corrected chi connectivity index (χ0v) is 7.60. The molecule has 11 heavy (non-hydrogen) atoms. The molecule has 0 unspecified atom stereocenters. The van der Waals surface area contributed by atoms with Gasteiger partial charge in [0.05, 0.1) is 10.7 Å². The van der Waals surface area contributed by atoms with Gasteiger partial charge in [-0.2, -0.15) is 0 Å². The smallest absolute Gasteiger partial charge is 0.0721 e. The third-order valence-electron chi connectivity index (χ3n) is 1.10. The number of allylic oxidation sites excluding steroid dienone is 2. The van der Waals surface area contributed by atoms with Crippen molar-refractivity contribution in [3.05, 3.63) is 23.4 Å². The first-order valence-electron chi connectivity index (χ1n) is 3.46. The molecule has 0 fully saturated rings. The van der Waals surface area contributed by atoms with E-state index in [1.54, 1.807) is 12.3 Å². The third kappa shape index (κ3) is 3.96. The molecule has 3 heteroatoms. The van der Waals surface area contributed by atoms with Crippen molar-refractivity contribution < 1.29 is 0 Å². The van der Waals surface area contributed by atoms with E-state index in [2.05, 4.69) is 4.99 Å². The van der Waals surface area contributed by atoms with Crippen molar-refractivity contribution in [1.29, 1.82) is 0 Å². The van der Waals surface area contributed by atoms with Gasteiger partial charge < -0.3 is 5.73 Å². The van der Waals surface area contributed by atoms with Crippen molar-refractivity contribution in [1.82, 2.24) is 0 Å². The first-order chi connectivity index (χ1) is 5.26. The number of halogens is 1. The number of aliphatic imine (C=N–C) groups is 1. The van der Waals surface area contributed by atoms with Gasteiger partial charge in [-0.05, 0) is 13.8 Å². The van der Waals surface area contributed by atoms with Crippen molar-refractivity contribution >= 4 is 17.3 Å². The highest BCUT2D eigenvalue weighted by atomic mass is 35.5. The molecular formula is C8H13ClN2. The Labute approximate surface area is 72.5 Å². The maximum absolute atomic E-state index is 5.78. The first-order valence-corrected chi connectivity index (χ1v) is 3.84. The number of hydrogen-bond acceptors (Lipinski definition) is 2. The van der Waals surface area contributed by atoms with Crippen LogP contribution in [0.3, 0.4) is 0 Å². The van der Waals surface area contributed by atoms with Crippen LogP contribution in [0, 0.1) is 0 Å². The van der Waals surface area contributed by atoms with Crippen molar-refractivity contribution in [2.75, 3.05) is 6.54 Å². The Morgan fingerprint density at radius 3 is 2.55 bits per heavy atom. The Morgan fingerprint density at radius 2 is 2.18 bits per heavy atom. The monoisotopic (exact) mass is 172 g/mol. The van der Waals surface area contributed by atoms with E-state index in [1.165, 1.54) is 0 Å². The maximum atomic E-state index is 5.78. The van der Waals surface area contributed by atoms with E-state index in [4.69, 9.17) is 17.3 Å². The SMILES string of the molecule is CC=C(Cl)/C(CN)=N\C=C/C. The lowest BCUT2D eigenvalue weighted by molar-refractivity contribution is 1.29. The van der Waals surface area contributed by atoms with Crippen molar-refractivity contribution in [2.45, 2.75) is 13.8 Å². The van der Waals surface area contributed by atoms with Crippen LogP contribution in [0.25, 0.3) is 0 Å². The molecule has 0 aliphatic carbocycles. The lowest BCUT2D eigenvalue weighted by Crippen LogP contribution is -2.13. The Kier molecular flexibility index (Phi) is 5.80. The second-order valence-electron chi connectivity index (χ2n) is 1.90. The molecule has 0 aliphatic heterocycles. The summed E-state index contributed by atoms with van der Waals surface area (Å²) in [4.78, 5) is 4.04. The van der Waals surface area contributed by atoms with E-state index in [9.17, 15) is 0 Å². The molecule has 0 bridgehead atoms. The molecule has 0 saturated carbocycles. The van der Waals surface area contributed by atoms with Gasteiger partial charge in [-0.3, -0.25) is 4.99 Å². The molecule has 0 radical (unpaired) electrons. The second-order valence-corrected chi connectivity index (χ2v) is 2.31. The van der Waals surface area contributed by atoms with Crippen LogP contribution >= 0.6 is 11.6 Å². The first kappa shape index (κ1) is 10.4. The van der Waals surface area contributed by atoms with E-state index in [-0.39, 0.29) is 0 Å². The molecule has 2 N–H and O–H groups in total. The van der Waals surface area contributed by atoms with Crippen molar-refractivity contribution in [2.24, 2.45) is 10.7 Å². The maximum Gasteiger partial charge on any atom is 0.0721 e. The summed E-state index contributed by atoms with van der Waals surface area (Å²) in [7, 11) is 0. The van der Waals surface area contributed by atoms with Crippen LogP contribution < -0.4 is 5.73 Å². The van der Waals surface area contributed by atoms with E-state index in [0.29, 0.717) is 17.3 Å². The number of nitrogens with two attached hydrogens (primary N) is 1. The Balaban J connectivity index is 4.39. The van der Waals surface area contributed by atoms with Crippen molar-refractivity contribution in [3.63, 3.8) is 0 Å². The van der Waals surface area contributed by atoms with Crippen LogP contribution in [0.1, 0.15) is 13.8 Å². The Bertz CT molecular complexity index is 192. The van der Waals surface area contributed by atoms with Gasteiger partial charge >= 0.3 is 0 Å². The Morgan fingerprint density at radius 1 is 1.55 bits per heavy atom. The van der Waals surface area contributed by atoms with Gasteiger partial charge in [0.2, 0.25) is 0 Å². The highest BCUT2D eigenvalue weighted by Gasteiger charge is 1.97. The normalized spacial score (nSPS) is 14.5. The predicted octanol–water partition coefficient (Wildman–Crippen LogP) is 2.06. The van der Waals surface area contributed by atoms with Crippen LogP contribution in [0.2, 0.25) is 0 Å². The summed E-state index contributed by atoms with van der Waals surface area (Å²) in [5, 5.41) is 0.616. The van der Waals surface area contributed by atoms with Gasteiger partial charge in [0, 0.05) is 12.7 Å². The fourth-order valence-electron chi connectivity index (χ4n) is 0.543. The predicted molar refractivity (Wildman–Crippen MR) is 50.9 cm³/mol. The van der Waals surface area contributed by atoms with Crippen LogP contribution in [0.15, 0.2) is 28.4 Å². The summed E-state index contributed by atoms with van der Waals surface area (Å²) in [6.07, 6.45) is 5.28. The minimum absolute atomic E-state index is 0.369.